The predicted octanol–water partition coefficient (Wildman–Crippen LogP) is 3.00. The van der Waals surface area contributed by atoms with Crippen LogP contribution >= 0.6 is 0 Å². The fourth-order valence-electron chi connectivity index (χ4n) is 4.52. The number of hydrogen-bond acceptors (Lipinski definition) is 5. The summed E-state index contributed by atoms with van der Waals surface area (Å²) < 4.78 is 5.47. The summed E-state index contributed by atoms with van der Waals surface area (Å²) >= 11 is 0. The average Bonchev–Trinajstić information content (AvgIpc) is 2.76. The molecule has 0 aliphatic carbocycles. The highest BCUT2D eigenvalue weighted by molar-refractivity contribution is 5.92. The van der Waals surface area contributed by atoms with Crippen molar-refractivity contribution in [2.45, 2.75) is 39.5 Å². The second-order valence-corrected chi connectivity index (χ2v) is 9.25. The molecule has 7 heteroatoms. The molecule has 1 aromatic heterocycles. The van der Waals surface area contributed by atoms with Crippen molar-refractivity contribution in [1.29, 1.82) is 0 Å². The number of ether oxygens (including phenoxy) is 1. The average molecular weight is 441 g/mol. The van der Waals surface area contributed by atoms with Crippen molar-refractivity contribution in [1.82, 2.24) is 19.8 Å². The number of amides is 1. The Morgan fingerprint density at radius 1 is 1.34 bits per heavy atom. The monoisotopic (exact) mass is 440 g/mol. The van der Waals surface area contributed by atoms with E-state index in [0.29, 0.717) is 24.8 Å². The highest BCUT2D eigenvalue weighted by Gasteiger charge is 2.24. The molecule has 0 bridgehead atoms. The first-order chi connectivity index (χ1) is 15.4. The third-order valence-corrected chi connectivity index (χ3v) is 6.02. The first-order valence-corrected chi connectivity index (χ1v) is 11.6. The Kier molecular flexibility index (Phi) is 8.45. The maximum absolute atomic E-state index is 13.0. The van der Waals surface area contributed by atoms with Gasteiger partial charge in [0.05, 0.1) is 7.11 Å². The van der Waals surface area contributed by atoms with E-state index in [0.717, 1.165) is 50.3 Å². The molecule has 2 heterocycles. The number of methoxy groups -OCH3 is 1. The van der Waals surface area contributed by atoms with Crippen molar-refractivity contribution in [3.05, 3.63) is 57.8 Å². The molecular weight excluding hydrogens is 404 g/mol. The van der Waals surface area contributed by atoms with Gasteiger partial charge in [-0.2, -0.15) is 4.98 Å². The number of carbonyl (C=O) groups excluding carboxylic acids is 1. The summed E-state index contributed by atoms with van der Waals surface area (Å²) in [6.45, 7) is 7.84. The molecule has 1 fully saturated rings. The summed E-state index contributed by atoms with van der Waals surface area (Å²) in [4.78, 5) is 35.8. The minimum Gasteiger partial charge on any atom is -0.496 e. The number of piperidine rings is 1. The lowest BCUT2D eigenvalue weighted by atomic mass is 9.97. The zero-order chi connectivity index (χ0) is 23.1. The molecular formula is C25H36N4O3. The van der Waals surface area contributed by atoms with E-state index >= 15 is 0 Å². The van der Waals surface area contributed by atoms with Crippen LogP contribution in [0.1, 0.15) is 48.4 Å². The van der Waals surface area contributed by atoms with Gasteiger partial charge in [0.1, 0.15) is 11.4 Å². The lowest BCUT2D eigenvalue weighted by molar-refractivity contribution is 0.0724. The number of para-hydroxylation sites is 1. The second-order valence-electron chi connectivity index (χ2n) is 9.25. The molecule has 0 saturated carbocycles. The van der Waals surface area contributed by atoms with Crippen molar-refractivity contribution in [3.8, 4) is 5.75 Å². The number of nitrogens with one attached hydrogen (secondary N) is 1. The normalized spacial score (nSPS) is 16.8. The maximum atomic E-state index is 13.0. The first-order valence-electron chi connectivity index (χ1n) is 11.6. The number of aromatic nitrogens is 2. The highest BCUT2D eigenvalue weighted by Crippen LogP contribution is 2.21. The lowest BCUT2D eigenvalue weighted by Crippen LogP contribution is -2.42. The number of rotatable bonds is 9. The Balaban J connectivity index is 1.56. The second kappa shape index (κ2) is 11.3. The van der Waals surface area contributed by atoms with Gasteiger partial charge >= 0.3 is 5.69 Å². The molecule has 174 valence electrons. The summed E-state index contributed by atoms with van der Waals surface area (Å²) in [5, 5.41) is 0. The van der Waals surface area contributed by atoms with Crippen LogP contribution in [0.15, 0.2) is 35.1 Å². The number of carbonyl (C=O) groups is 1. The van der Waals surface area contributed by atoms with E-state index in [2.05, 4.69) is 34.8 Å². The van der Waals surface area contributed by atoms with Crippen LogP contribution in [0.25, 0.3) is 0 Å². The summed E-state index contributed by atoms with van der Waals surface area (Å²) in [6.07, 6.45) is 3.89. The molecule has 2 aromatic rings. The zero-order valence-electron chi connectivity index (χ0n) is 19.8. The van der Waals surface area contributed by atoms with Gasteiger partial charge in [-0.15, -0.1) is 0 Å². The molecule has 1 saturated heterocycles. The van der Waals surface area contributed by atoms with E-state index < -0.39 is 5.69 Å². The van der Waals surface area contributed by atoms with Gasteiger partial charge < -0.3 is 19.5 Å². The number of aromatic amines is 1. The van der Waals surface area contributed by atoms with Crippen molar-refractivity contribution < 1.29 is 9.53 Å². The van der Waals surface area contributed by atoms with Crippen LogP contribution in [0, 0.1) is 11.8 Å². The smallest absolute Gasteiger partial charge is 0.345 e. The molecule has 1 N–H and O–H groups in total. The summed E-state index contributed by atoms with van der Waals surface area (Å²) in [5.41, 5.74) is 1.76. The van der Waals surface area contributed by atoms with Gasteiger partial charge in [-0.05, 0) is 61.8 Å². The van der Waals surface area contributed by atoms with Crippen molar-refractivity contribution in [2.75, 3.05) is 40.3 Å². The van der Waals surface area contributed by atoms with E-state index in [9.17, 15) is 9.59 Å². The summed E-state index contributed by atoms with van der Waals surface area (Å²) in [5.74, 6) is 1.55. The number of benzene rings is 1. The minimum atomic E-state index is -0.458. The minimum absolute atomic E-state index is 0.188. The van der Waals surface area contributed by atoms with Gasteiger partial charge in [-0.1, -0.05) is 32.0 Å². The van der Waals surface area contributed by atoms with Crippen LogP contribution < -0.4 is 10.4 Å². The fourth-order valence-corrected chi connectivity index (χ4v) is 4.52. The van der Waals surface area contributed by atoms with Crippen molar-refractivity contribution >= 4 is 5.91 Å². The summed E-state index contributed by atoms with van der Waals surface area (Å²) in [7, 11) is 3.52. The van der Waals surface area contributed by atoms with E-state index in [-0.39, 0.29) is 11.6 Å². The van der Waals surface area contributed by atoms with Crippen LogP contribution in [0.4, 0.5) is 0 Å². The van der Waals surface area contributed by atoms with E-state index in [4.69, 9.17) is 4.74 Å². The van der Waals surface area contributed by atoms with E-state index in [1.807, 2.05) is 18.2 Å². The molecule has 0 spiro atoms. The Morgan fingerprint density at radius 3 is 2.88 bits per heavy atom. The lowest BCUT2D eigenvalue weighted by Gasteiger charge is -2.34. The Morgan fingerprint density at radius 2 is 2.12 bits per heavy atom. The summed E-state index contributed by atoms with van der Waals surface area (Å²) in [6, 6.07) is 9.89. The van der Waals surface area contributed by atoms with Gasteiger partial charge in [-0.25, -0.2) is 4.79 Å². The number of hydrogen-bond donors (Lipinski definition) is 1. The SMILES string of the molecule is COc1ccccc1CCN1CCC[C@@H](CN(C)C(=O)c2cc(CC(C)C)[nH]c(=O)n2)C1. The largest absolute Gasteiger partial charge is 0.496 e. The fraction of sp³-hybridized carbons (Fsp3) is 0.560. The van der Waals surface area contributed by atoms with E-state index in [1.165, 1.54) is 5.56 Å². The Bertz CT molecular complexity index is 956. The molecule has 0 radical (unpaired) electrons. The third-order valence-electron chi connectivity index (χ3n) is 6.02. The number of H-pyrrole nitrogens is 1. The van der Waals surface area contributed by atoms with Crippen molar-refractivity contribution in [2.24, 2.45) is 11.8 Å². The molecule has 1 atom stereocenters. The van der Waals surface area contributed by atoms with Gasteiger partial charge in [-0.3, -0.25) is 4.79 Å². The van der Waals surface area contributed by atoms with Gasteiger partial charge in [0.25, 0.3) is 5.91 Å². The molecule has 1 aliphatic rings. The van der Waals surface area contributed by atoms with Crippen LogP contribution in [0.3, 0.4) is 0 Å². The van der Waals surface area contributed by atoms with Gasteiger partial charge in [0, 0.05) is 32.4 Å². The van der Waals surface area contributed by atoms with E-state index in [1.54, 1.807) is 25.1 Å². The zero-order valence-corrected chi connectivity index (χ0v) is 19.8. The molecule has 1 aromatic carbocycles. The first kappa shape index (κ1) is 24.0. The number of nitrogens with zero attached hydrogens (tertiary/aromatic N) is 3. The molecule has 7 nitrogen and oxygen atoms in total. The highest BCUT2D eigenvalue weighted by atomic mass is 16.5. The molecule has 0 unspecified atom stereocenters. The van der Waals surface area contributed by atoms with Crippen molar-refractivity contribution in [3.63, 3.8) is 0 Å². The standard InChI is InChI=1S/C25H36N4O3/c1-18(2)14-21-15-22(27-25(31)26-21)24(30)28(3)16-19-8-7-12-29(17-19)13-11-20-9-5-6-10-23(20)32-4/h5-6,9-10,15,18-19H,7-8,11-14,16-17H2,1-4H3,(H,26,27,31)/t19-/m0/s1. The quantitative estimate of drug-likeness (QED) is 0.649. The third kappa shape index (κ3) is 6.66. The Hall–Kier alpha value is -2.67. The molecule has 1 amide bonds. The van der Waals surface area contributed by atoms with Crippen LogP contribution in [-0.4, -0.2) is 66.0 Å². The predicted molar refractivity (Wildman–Crippen MR) is 126 cm³/mol. The number of likely N-dealkylation sites (tertiary alicyclic amines) is 1. The molecule has 1 aliphatic heterocycles. The van der Waals surface area contributed by atoms with Gasteiger partial charge in [0.2, 0.25) is 0 Å². The van der Waals surface area contributed by atoms with Gasteiger partial charge in [0.15, 0.2) is 0 Å². The van der Waals surface area contributed by atoms with Crippen LogP contribution in [0.5, 0.6) is 5.75 Å². The van der Waals surface area contributed by atoms with Crippen LogP contribution in [0.2, 0.25) is 0 Å². The topological polar surface area (TPSA) is 78.5 Å². The van der Waals surface area contributed by atoms with Crippen LogP contribution in [-0.2, 0) is 12.8 Å². The maximum Gasteiger partial charge on any atom is 0.345 e. The Labute approximate surface area is 190 Å². The molecule has 32 heavy (non-hydrogen) atoms. The molecule has 3 rings (SSSR count).